The third-order valence-electron chi connectivity index (χ3n) is 5.10. The Labute approximate surface area is 210 Å². The van der Waals surface area contributed by atoms with Gasteiger partial charge in [0.15, 0.2) is 5.13 Å². The van der Waals surface area contributed by atoms with Gasteiger partial charge in [0.2, 0.25) is 0 Å². The second-order valence-electron chi connectivity index (χ2n) is 8.23. The number of aryl methyl sites for hydroxylation is 1. The van der Waals surface area contributed by atoms with Crippen LogP contribution in [0.4, 0.5) is 9.52 Å². The molecule has 6 nitrogen and oxygen atoms in total. The Kier molecular flexibility index (Phi) is 10.9. The topological polar surface area (TPSA) is 82.5 Å². The van der Waals surface area contributed by atoms with E-state index in [-0.39, 0.29) is 23.8 Å². The van der Waals surface area contributed by atoms with Crippen LogP contribution in [0.1, 0.15) is 80.0 Å². The number of anilines is 1. The smallest absolute Gasteiger partial charge is 0.255 e. The molecule has 0 fully saturated rings. The minimum atomic E-state index is -1.21. The highest BCUT2D eigenvalue weighted by molar-refractivity contribution is 7.13. The number of nitrogens with zero attached hydrogens (tertiary/aromatic N) is 2. The lowest BCUT2D eigenvalue weighted by molar-refractivity contribution is -0.120. The van der Waals surface area contributed by atoms with Gasteiger partial charge in [-0.2, -0.15) is 0 Å². The van der Waals surface area contributed by atoms with E-state index in [1.54, 1.807) is 11.4 Å². The third-order valence-corrected chi connectivity index (χ3v) is 5.79. The molecule has 0 saturated carbocycles. The SMILES string of the molecule is CCC.CCCC.Cc1ccc2c(c1)C(=O)N([C@@H](C(=O)Nc1nccs1)c1cc(F)ccc1O)C2. The number of aromatic hydroxyl groups is 1. The van der Waals surface area contributed by atoms with E-state index in [1.165, 1.54) is 47.8 Å². The van der Waals surface area contributed by atoms with E-state index in [1.807, 2.05) is 19.1 Å². The number of fused-ring (bicyclic) bond motifs is 1. The Bertz CT molecular complexity index is 1120. The monoisotopic (exact) mass is 499 g/mol. The van der Waals surface area contributed by atoms with Crippen molar-refractivity contribution >= 4 is 28.3 Å². The molecule has 2 amide bonds. The van der Waals surface area contributed by atoms with Crippen molar-refractivity contribution in [2.24, 2.45) is 0 Å². The van der Waals surface area contributed by atoms with Crippen molar-refractivity contribution in [3.63, 3.8) is 0 Å². The molecule has 1 atom stereocenters. The average molecular weight is 500 g/mol. The number of carbonyl (C=O) groups excluding carboxylic acids is 2. The largest absolute Gasteiger partial charge is 0.508 e. The molecular weight excluding hydrogens is 465 g/mol. The summed E-state index contributed by atoms with van der Waals surface area (Å²) in [5.41, 5.74) is 2.22. The van der Waals surface area contributed by atoms with Crippen LogP contribution in [0.25, 0.3) is 0 Å². The number of benzene rings is 2. The molecule has 0 bridgehead atoms. The second-order valence-corrected chi connectivity index (χ2v) is 9.13. The van der Waals surface area contributed by atoms with Gasteiger partial charge in [-0.25, -0.2) is 9.37 Å². The Morgan fingerprint density at radius 3 is 2.46 bits per heavy atom. The van der Waals surface area contributed by atoms with Crippen molar-refractivity contribution in [2.45, 2.75) is 66.5 Å². The van der Waals surface area contributed by atoms with Gasteiger partial charge in [-0.1, -0.05) is 64.7 Å². The van der Waals surface area contributed by atoms with Gasteiger partial charge in [0.25, 0.3) is 11.8 Å². The second kappa shape index (κ2) is 13.6. The highest BCUT2D eigenvalue weighted by Crippen LogP contribution is 2.36. The zero-order valence-electron chi connectivity index (χ0n) is 21.0. The number of amides is 2. The number of carbonyl (C=O) groups is 2. The molecule has 1 aliphatic rings. The van der Waals surface area contributed by atoms with E-state index in [4.69, 9.17) is 0 Å². The predicted octanol–water partition coefficient (Wildman–Crippen LogP) is 6.85. The maximum atomic E-state index is 13.9. The highest BCUT2D eigenvalue weighted by Gasteiger charge is 2.39. The summed E-state index contributed by atoms with van der Waals surface area (Å²) in [7, 11) is 0. The Balaban J connectivity index is 0.000000551. The lowest BCUT2D eigenvalue weighted by Gasteiger charge is -2.27. The summed E-state index contributed by atoms with van der Waals surface area (Å²) in [6.45, 7) is 10.7. The molecule has 2 N–H and O–H groups in total. The zero-order valence-corrected chi connectivity index (χ0v) is 21.8. The third kappa shape index (κ3) is 7.36. The molecule has 8 heteroatoms. The highest BCUT2D eigenvalue weighted by atomic mass is 32.1. The normalized spacial score (nSPS) is 12.6. The van der Waals surface area contributed by atoms with Crippen LogP contribution in [0, 0.1) is 12.7 Å². The van der Waals surface area contributed by atoms with Crippen molar-refractivity contribution in [2.75, 3.05) is 5.32 Å². The van der Waals surface area contributed by atoms with Crippen molar-refractivity contribution < 1.29 is 19.1 Å². The lowest BCUT2D eigenvalue weighted by atomic mass is 10.0. The van der Waals surface area contributed by atoms with Gasteiger partial charge in [-0.05, 0) is 36.8 Å². The summed E-state index contributed by atoms with van der Waals surface area (Å²) in [5, 5.41) is 15.0. The number of nitrogens with one attached hydrogen (secondary N) is 1. The van der Waals surface area contributed by atoms with Crippen molar-refractivity contribution in [3.8, 4) is 5.75 Å². The standard InChI is InChI=1S/C20H16FN3O3S.C4H10.C3H8/c1-11-2-3-12-10-24(19(27)14(12)8-11)17(15-9-13(21)4-5-16(15)25)18(26)23-20-22-6-7-28-20;1-3-4-2;1-3-2/h2-9,17,25H,10H2,1H3,(H,22,23,26);3-4H2,1-2H3;3H2,1-2H3/t17-;;/m1../s1. The van der Waals surface area contributed by atoms with Crippen LogP contribution in [0.5, 0.6) is 5.75 Å². The molecule has 2 heterocycles. The molecule has 0 unspecified atom stereocenters. The molecule has 3 aromatic rings. The fourth-order valence-corrected chi connectivity index (χ4v) is 3.83. The Morgan fingerprint density at radius 2 is 1.86 bits per heavy atom. The van der Waals surface area contributed by atoms with Gasteiger partial charge in [-0.15, -0.1) is 11.3 Å². The number of hydrogen-bond acceptors (Lipinski definition) is 5. The van der Waals surface area contributed by atoms with Crippen LogP contribution in [-0.4, -0.2) is 26.8 Å². The number of thiazole rings is 1. The van der Waals surface area contributed by atoms with Crippen molar-refractivity contribution in [1.29, 1.82) is 0 Å². The van der Waals surface area contributed by atoms with Crippen molar-refractivity contribution in [1.82, 2.24) is 9.88 Å². The van der Waals surface area contributed by atoms with Crippen molar-refractivity contribution in [3.05, 3.63) is 76.0 Å². The molecule has 188 valence electrons. The fraction of sp³-hybridized carbons (Fsp3) is 0.370. The molecule has 2 aromatic carbocycles. The summed E-state index contributed by atoms with van der Waals surface area (Å²) in [5.74, 6) is -1.80. The molecule has 4 rings (SSSR count). The first kappa shape index (κ1) is 28.0. The minimum Gasteiger partial charge on any atom is -0.508 e. The summed E-state index contributed by atoms with van der Waals surface area (Å²) < 4.78 is 13.9. The zero-order chi connectivity index (χ0) is 26.0. The van der Waals surface area contributed by atoms with Crippen LogP contribution in [0.15, 0.2) is 48.0 Å². The summed E-state index contributed by atoms with van der Waals surface area (Å²) in [6, 6.07) is 7.62. The maximum absolute atomic E-state index is 13.9. The summed E-state index contributed by atoms with van der Waals surface area (Å²) in [6.07, 6.45) is 5.43. The Hall–Kier alpha value is -3.26. The van der Waals surface area contributed by atoms with Crippen LogP contribution in [-0.2, 0) is 11.3 Å². The van der Waals surface area contributed by atoms with Gasteiger partial charge in [-0.3, -0.25) is 14.9 Å². The molecule has 1 aliphatic heterocycles. The van der Waals surface area contributed by atoms with Gasteiger partial charge in [0, 0.05) is 29.2 Å². The van der Waals surface area contributed by atoms with E-state index in [2.05, 4.69) is 38.0 Å². The van der Waals surface area contributed by atoms with Crippen LogP contribution in [0.3, 0.4) is 0 Å². The maximum Gasteiger partial charge on any atom is 0.255 e. The first-order valence-corrected chi connectivity index (χ1v) is 12.7. The van der Waals surface area contributed by atoms with Gasteiger partial charge < -0.3 is 10.0 Å². The van der Waals surface area contributed by atoms with E-state index in [9.17, 15) is 19.1 Å². The molecule has 0 aliphatic carbocycles. The van der Waals surface area contributed by atoms with E-state index in [0.29, 0.717) is 10.7 Å². The lowest BCUT2D eigenvalue weighted by Crippen LogP contribution is -2.37. The number of halogens is 1. The van der Waals surface area contributed by atoms with E-state index in [0.717, 1.165) is 23.3 Å². The average Bonchev–Trinajstić information content (AvgIpc) is 3.45. The molecule has 0 saturated heterocycles. The van der Waals surface area contributed by atoms with Crippen LogP contribution >= 0.6 is 11.3 Å². The molecule has 0 radical (unpaired) electrons. The number of aromatic nitrogens is 1. The number of unbranched alkanes of at least 4 members (excludes halogenated alkanes) is 1. The van der Waals surface area contributed by atoms with Gasteiger partial charge in [0.1, 0.15) is 17.6 Å². The van der Waals surface area contributed by atoms with E-state index >= 15 is 0 Å². The number of phenolic OH excluding ortho intramolecular Hbond substituents is 1. The molecule has 35 heavy (non-hydrogen) atoms. The van der Waals surface area contributed by atoms with Gasteiger partial charge in [0.05, 0.1) is 0 Å². The molecule has 1 aromatic heterocycles. The first-order chi connectivity index (χ1) is 16.8. The number of rotatable bonds is 5. The fourth-order valence-electron chi connectivity index (χ4n) is 3.30. The summed E-state index contributed by atoms with van der Waals surface area (Å²) in [4.78, 5) is 31.4. The predicted molar refractivity (Wildman–Crippen MR) is 139 cm³/mol. The van der Waals surface area contributed by atoms with E-state index < -0.39 is 17.8 Å². The molecule has 0 spiro atoms. The summed E-state index contributed by atoms with van der Waals surface area (Å²) >= 11 is 1.22. The minimum absolute atomic E-state index is 0.0203. The first-order valence-electron chi connectivity index (χ1n) is 11.9. The number of hydrogen-bond donors (Lipinski definition) is 2. The number of phenols is 1. The molecular formula is C27H34FN3O3S. The van der Waals surface area contributed by atoms with Gasteiger partial charge >= 0.3 is 0 Å². The van der Waals surface area contributed by atoms with Crippen LogP contribution < -0.4 is 5.32 Å². The quantitative estimate of drug-likeness (QED) is 0.402. The van der Waals surface area contributed by atoms with Crippen LogP contribution in [0.2, 0.25) is 0 Å². The Morgan fingerprint density at radius 1 is 1.17 bits per heavy atom.